The molecule has 0 saturated heterocycles. The van der Waals surface area contributed by atoms with Gasteiger partial charge in [0.15, 0.2) is 5.78 Å². The van der Waals surface area contributed by atoms with Crippen molar-refractivity contribution in [3.8, 4) is 10.1 Å². The molecular weight excluding hydrogens is 690 g/mol. The van der Waals surface area contributed by atoms with Crippen molar-refractivity contribution in [3.63, 3.8) is 0 Å². The van der Waals surface area contributed by atoms with Crippen LogP contribution in [0.4, 0.5) is 0 Å². The van der Waals surface area contributed by atoms with E-state index in [0.29, 0.717) is 0 Å². The zero-order chi connectivity index (χ0) is 23.8. The molecule has 3 aromatic heterocycles. The summed E-state index contributed by atoms with van der Waals surface area (Å²) in [6.07, 6.45) is 6.70. The van der Waals surface area contributed by atoms with Crippen LogP contribution in [-0.4, -0.2) is 39.1 Å². The Labute approximate surface area is 225 Å². The number of benzene rings is 1. The zero-order valence-electron chi connectivity index (χ0n) is 19.9. The van der Waals surface area contributed by atoms with Gasteiger partial charge < -0.3 is 5.11 Å². The van der Waals surface area contributed by atoms with Gasteiger partial charge in [0.1, 0.15) is 0 Å². The average molecular weight is 720 g/mol. The molecule has 4 rings (SSSR count). The number of carbonyl (C=O) groups is 1. The monoisotopic (exact) mass is 721 g/mol. The van der Waals surface area contributed by atoms with Gasteiger partial charge in [0, 0.05) is 38.0 Å². The maximum absolute atomic E-state index is 11.7. The fraction of sp³-hybridized carbons (Fsp3) is 0.385. The van der Waals surface area contributed by atoms with Crippen LogP contribution in [-0.2, 0) is 24.9 Å². The van der Waals surface area contributed by atoms with Gasteiger partial charge in [0.05, 0.1) is 5.76 Å². The van der Waals surface area contributed by atoms with E-state index >= 15 is 0 Å². The van der Waals surface area contributed by atoms with Gasteiger partial charge in [-0.1, -0.05) is 27.7 Å². The first-order chi connectivity index (χ1) is 16.0. The molecule has 0 aliphatic carbocycles. The first kappa shape index (κ1) is 28.5. The summed E-state index contributed by atoms with van der Waals surface area (Å²) < 4.78 is 11.1. The Morgan fingerprint density at radius 1 is 1.06 bits per heavy atom. The van der Waals surface area contributed by atoms with Crippen molar-refractivity contribution in [2.45, 2.75) is 53.4 Å². The Balaban J connectivity index is 0.000000239. The predicted molar refractivity (Wildman–Crippen MR) is 138 cm³/mol. The molecule has 4 aromatic rings. The van der Waals surface area contributed by atoms with Gasteiger partial charge in [-0.3, -0.25) is 4.79 Å². The summed E-state index contributed by atoms with van der Waals surface area (Å²) in [5.41, 5.74) is 2.77. The van der Waals surface area contributed by atoms with E-state index in [0.717, 1.165) is 42.4 Å². The summed E-state index contributed by atoms with van der Waals surface area (Å²) in [6.45, 7) is 8.07. The molecule has 0 aliphatic rings. The van der Waals surface area contributed by atoms with Crippen LogP contribution in [0.5, 0.6) is 0 Å². The molecule has 0 bridgehead atoms. The number of hydrogen-bond acceptors (Lipinski definition) is 6. The number of aliphatic hydroxyl groups is 1. The Morgan fingerprint density at radius 3 is 2.38 bits per heavy atom. The van der Waals surface area contributed by atoms with Crippen LogP contribution in [0, 0.1) is 17.9 Å². The molecule has 0 aliphatic heterocycles. The second-order valence-electron chi connectivity index (χ2n) is 7.84. The SMILES string of the molecule is CCC(CC)C(=O)/C=C(\O)C(CC)CC.[Ir].[c-]1c(-c2nccc3nsnc23)[se]c2ccccc12. The average Bonchev–Trinajstić information content (AvgIpc) is 3.48. The molecule has 3 heterocycles. The van der Waals surface area contributed by atoms with Crippen molar-refractivity contribution in [1.29, 1.82) is 0 Å². The number of rotatable bonds is 8. The number of pyridine rings is 1. The van der Waals surface area contributed by atoms with Crippen molar-refractivity contribution in [3.05, 3.63) is 54.4 Å². The molecule has 1 radical (unpaired) electrons. The quantitative estimate of drug-likeness (QED) is 0.0959. The Bertz CT molecular complexity index is 1200. The molecule has 0 amide bonds. The van der Waals surface area contributed by atoms with E-state index in [4.69, 9.17) is 0 Å². The fourth-order valence-corrected chi connectivity index (χ4v) is 6.32. The Hall–Kier alpha value is -1.69. The van der Waals surface area contributed by atoms with Gasteiger partial charge in [0.2, 0.25) is 0 Å². The Kier molecular flexibility index (Phi) is 11.8. The molecule has 34 heavy (non-hydrogen) atoms. The molecular formula is C26H30IrN3O2SSe-. The molecule has 5 nitrogen and oxygen atoms in total. The van der Waals surface area contributed by atoms with Gasteiger partial charge in [-0.25, -0.2) is 0 Å². The zero-order valence-corrected chi connectivity index (χ0v) is 24.8. The number of ketones is 1. The molecule has 0 saturated carbocycles. The van der Waals surface area contributed by atoms with Crippen molar-refractivity contribution < 1.29 is 30.0 Å². The van der Waals surface area contributed by atoms with E-state index in [-0.39, 0.29) is 58.0 Å². The molecule has 1 aromatic carbocycles. The van der Waals surface area contributed by atoms with Crippen LogP contribution < -0.4 is 0 Å². The summed E-state index contributed by atoms with van der Waals surface area (Å²) in [4.78, 5) is 16.2. The third-order valence-electron chi connectivity index (χ3n) is 5.82. The number of nitrogens with zero attached hydrogens (tertiary/aromatic N) is 3. The Morgan fingerprint density at radius 2 is 1.74 bits per heavy atom. The molecule has 0 atom stereocenters. The topological polar surface area (TPSA) is 76.0 Å². The summed E-state index contributed by atoms with van der Waals surface area (Å²) in [5, 5.41) is 10.9. The van der Waals surface area contributed by atoms with Gasteiger partial charge in [-0.2, -0.15) is 0 Å². The van der Waals surface area contributed by atoms with Crippen LogP contribution in [0.1, 0.15) is 53.4 Å². The number of carbonyl (C=O) groups excluding carboxylic acids is 1. The van der Waals surface area contributed by atoms with E-state index in [2.05, 4.69) is 38.0 Å². The van der Waals surface area contributed by atoms with Gasteiger partial charge in [-0.15, -0.1) is 0 Å². The van der Waals surface area contributed by atoms with Crippen LogP contribution in [0.3, 0.4) is 0 Å². The molecule has 0 spiro atoms. The van der Waals surface area contributed by atoms with Crippen LogP contribution in [0.2, 0.25) is 0 Å². The number of hydrogen-bond donors (Lipinski definition) is 1. The van der Waals surface area contributed by atoms with Gasteiger partial charge in [-0.05, 0) is 25.7 Å². The molecule has 8 heteroatoms. The number of allylic oxidation sites excluding steroid dienone is 2. The number of fused-ring (bicyclic) bond motifs is 2. The maximum atomic E-state index is 11.7. The second-order valence-corrected chi connectivity index (χ2v) is 10.6. The van der Waals surface area contributed by atoms with Crippen LogP contribution in [0.15, 0.2) is 48.4 Å². The minimum absolute atomic E-state index is 0. The first-order valence-corrected chi connectivity index (χ1v) is 13.9. The molecule has 0 unspecified atom stereocenters. The van der Waals surface area contributed by atoms with E-state index in [1.807, 2.05) is 39.8 Å². The van der Waals surface area contributed by atoms with E-state index in [1.165, 1.54) is 31.9 Å². The number of aromatic nitrogens is 3. The van der Waals surface area contributed by atoms with Crippen molar-refractivity contribution >= 4 is 52.7 Å². The van der Waals surface area contributed by atoms with Gasteiger partial charge in [0.25, 0.3) is 0 Å². The third-order valence-corrected chi connectivity index (χ3v) is 8.62. The molecule has 1 N–H and O–H groups in total. The van der Waals surface area contributed by atoms with Crippen molar-refractivity contribution in [2.24, 2.45) is 11.8 Å². The van der Waals surface area contributed by atoms with Crippen molar-refractivity contribution in [1.82, 2.24) is 13.7 Å². The van der Waals surface area contributed by atoms with E-state index < -0.39 is 0 Å². The summed E-state index contributed by atoms with van der Waals surface area (Å²) in [5.74, 6) is 0.547. The third kappa shape index (κ3) is 6.93. The van der Waals surface area contributed by atoms with E-state index in [1.54, 1.807) is 6.20 Å². The second kappa shape index (κ2) is 14.0. The summed E-state index contributed by atoms with van der Waals surface area (Å²) in [7, 11) is 0. The van der Waals surface area contributed by atoms with Crippen molar-refractivity contribution in [2.75, 3.05) is 0 Å². The normalized spacial score (nSPS) is 11.5. The minimum atomic E-state index is 0. The molecule has 183 valence electrons. The van der Waals surface area contributed by atoms with E-state index in [9.17, 15) is 9.90 Å². The molecule has 0 fully saturated rings. The first-order valence-electron chi connectivity index (χ1n) is 11.4. The van der Waals surface area contributed by atoms with Gasteiger partial charge >= 0.3 is 113 Å². The number of aliphatic hydroxyl groups excluding tert-OH is 1. The summed E-state index contributed by atoms with van der Waals surface area (Å²) >= 11 is 1.50. The predicted octanol–water partition coefficient (Wildman–Crippen LogP) is 6.63. The standard InChI is InChI=1S/C13H6N3SSe.C13H24O2.Ir/c1-2-4-10-8(3-1)7-11(18-10)13-12-9(5-6-14-13)15-17-16-12;1-5-10(6-2)12(14)9-13(15)11(7-3)8-4;/h1-6H;9-11,14H,5-8H2,1-4H3;/q-1;;/b;12-9-;. The van der Waals surface area contributed by atoms with Crippen LogP contribution >= 0.6 is 11.7 Å². The van der Waals surface area contributed by atoms with Crippen LogP contribution in [0.25, 0.3) is 30.8 Å². The summed E-state index contributed by atoms with van der Waals surface area (Å²) in [6, 6.07) is 13.7. The fourth-order valence-electron chi connectivity index (χ4n) is 3.68.